The molecule has 0 aromatic heterocycles. The fourth-order valence-corrected chi connectivity index (χ4v) is 2.79. The van der Waals surface area contributed by atoms with Gasteiger partial charge in [-0.15, -0.1) is 0 Å². The monoisotopic (exact) mass is 188 g/mol. The minimum atomic E-state index is 0.599. The molecule has 0 spiro atoms. The predicted molar refractivity (Wildman–Crippen MR) is 58.2 cm³/mol. The van der Waals surface area contributed by atoms with E-state index in [1.54, 1.807) is 0 Å². The molecular formula is C12H16N2. The van der Waals surface area contributed by atoms with Crippen LogP contribution in [0.5, 0.6) is 0 Å². The van der Waals surface area contributed by atoms with E-state index in [-0.39, 0.29) is 0 Å². The molecule has 2 nitrogen and oxygen atoms in total. The Morgan fingerprint density at radius 2 is 2.07 bits per heavy atom. The quantitative estimate of drug-likeness (QED) is 0.761. The number of hydrogen-bond donors (Lipinski definition) is 1. The number of piperidine rings is 1. The Balaban J connectivity index is 1.86. The Hall–Kier alpha value is -1.02. The van der Waals surface area contributed by atoms with Crippen LogP contribution in [0.4, 0.5) is 5.69 Å². The number of anilines is 1. The predicted octanol–water partition coefficient (Wildman–Crippen LogP) is 1.47. The van der Waals surface area contributed by atoms with Gasteiger partial charge in [0, 0.05) is 24.8 Å². The molecule has 2 heteroatoms. The van der Waals surface area contributed by atoms with E-state index < -0.39 is 0 Å². The molecule has 1 heterocycles. The SMILES string of the molecule is NCC1C2CC2CN1c1ccccc1. The molecule has 1 aromatic rings. The minimum absolute atomic E-state index is 0.599. The first kappa shape index (κ1) is 8.30. The summed E-state index contributed by atoms with van der Waals surface area (Å²) in [6.07, 6.45) is 1.41. The molecular weight excluding hydrogens is 172 g/mol. The van der Waals surface area contributed by atoms with Gasteiger partial charge in [-0.05, 0) is 30.4 Å². The molecule has 3 unspecified atom stereocenters. The highest BCUT2D eigenvalue weighted by Gasteiger charge is 2.51. The molecule has 0 radical (unpaired) electrons. The highest BCUT2D eigenvalue weighted by atomic mass is 15.2. The third-order valence-corrected chi connectivity index (χ3v) is 3.63. The normalized spacial score (nSPS) is 34.4. The zero-order valence-corrected chi connectivity index (χ0v) is 8.26. The second-order valence-corrected chi connectivity index (χ2v) is 4.45. The van der Waals surface area contributed by atoms with Crippen LogP contribution in [0.2, 0.25) is 0 Å². The maximum atomic E-state index is 5.84. The summed E-state index contributed by atoms with van der Waals surface area (Å²) in [6.45, 7) is 2.02. The van der Waals surface area contributed by atoms with Crippen molar-refractivity contribution >= 4 is 5.69 Å². The molecule has 0 amide bonds. The zero-order valence-electron chi connectivity index (χ0n) is 8.26. The third kappa shape index (κ3) is 1.14. The Morgan fingerprint density at radius 3 is 2.79 bits per heavy atom. The Kier molecular flexibility index (Phi) is 1.77. The third-order valence-electron chi connectivity index (χ3n) is 3.63. The Bertz CT molecular complexity index is 322. The fourth-order valence-electron chi connectivity index (χ4n) is 2.79. The lowest BCUT2D eigenvalue weighted by Crippen LogP contribution is -2.38. The van der Waals surface area contributed by atoms with E-state index >= 15 is 0 Å². The lowest BCUT2D eigenvalue weighted by Gasteiger charge is -2.28. The summed E-state index contributed by atoms with van der Waals surface area (Å²) in [6, 6.07) is 11.3. The zero-order chi connectivity index (χ0) is 9.54. The van der Waals surface area contributed by atoms with Gasteiger partial charge in [-0.25, -0.2) is 0 Å². The number of hydrogen-bond acceptors (Lipinski definition) is 2. The first-order chi connectivity index (χ1) is 6.90. The number of rotatable bonds is 2. The van der Waals surface area contributed by atoms with Gasteiger partial charge in [-0.2, -0.15) is 0 Å². The molecule has 2 aliphatic rings. The second kappa shape index (κ2) is 2.99. The van der Waals surface area contributed by atoms with Crippen LogP contribution < -0.4 is 10.6 Å². The van der Waals surface area contributed by atoms with Crippen molar-refractivity contribution < 1.29 is 0 Å². The average molecular weight is 188 g/mol. The van der Waals surface area contributed by atoms with E-state index in [1.165, 1.54) is 18.7 Å². The van der Waals surface area contributed by atoms with E-state index in [0.29, 0.717) is 6.04 Å². The molecule has 3 atom stereocenters. The topological polar surface area (TPSA) is 29.3 Å². The number of benzene rings is 1. The lowest BCUT2D eigenvalue weighted by molar-refractivity contribution is 0.605. The van der Waals surface area contributed by atoms with E-state index in [0.717, 1.165) is 18.4 Å². The maximum Gasteiger partial charge on any atom is 0.0444 e. The molecule has 1 saturated heterocycles. The van der Waals surface area contributed by atoms with Crippen LogP contribution in [0, 0.1) is 11.8 Å². The van der Waals surface area contributed by atoms with Gasteiger partial charge >= 0.3 is 0 Å². The maximum absolute atomic E-state index is 5.84. The number of fused-ring (bicyclic) bond motifs is 1. The van der Waals surface area contributed by atoms with Crippen molar-refractivity contribution in [1.82, 2.24) is 0 Å². The smallest absolute Gasteiger partial charge is 0.0444 e. The van der Waals surface area contributed by atoms with Crippen molar-refractivity contribution in [1.29, 1.82) is 0 Å². The van der Waals surface area contributed by atoms with Gasteiger partial charge < -0.3 is 10.6 Å². The number of para-hydroxylation sites is 1. The van der Waals surface area contributed by atoms with Gasteiger partial charge in [0.25, 0.3) is 0 Å². The Labute approximate surface area is 84.7 Å². The van der Waals surface area contributed by atoms with Crippen LogP contribution in [-0.4, -0.2) is 19.1 Å². The lowest BCUT2D eigenvalue weighted by atomic mass is 10.1. The van der Waals surface area contributed by atoms with Crippen LogP contribution in [0.25, 0.3) is 0 Å². The summed E-state index contributed by atoms with van der Waals surface area (Å²) in [4.78, 5) is 2.48. The van der Waals surface area contributed by atoms with Crippen molar-refractivity contribution in [3.05, 3.63) is 30.3 Å². The molecule has 1 saturated carbocycles. The number of nitrogens with zero attached hydrogens (tertiary/aromatic N) is 1. The molecule has 2 N–H and O–H groups in total. The van der Waals surface area contributed by atoms with Crippen molar-refractivity contribution in [2.45, 2.75) is 12.5 Å². The van der Waals surface area contributed by atoms with Gasteiger partial charge in [0.2, 0.25) is 0 Å². The molecule has 2 fully saturated rings. The van der Waals surface area contributed by atoms with Gasteiger partial charge in [0.15, 0.2) is 0 Å². The molecule has 3 rings (SSSR count). The van der Waals surface area contributed by atoms with Crippen molar-refractivity contribution in [2.24, 2.45) is 17.6 Å². The van der Waals surface area contributed by atoms with Crippen LogP contribution in [0.3, 0.4) is 0 Å². The highest BCUT2D eigenvalue weighted by molar-refractivity contribution is 5.50. The van der Waals surface area contributed by atoms with Gasteiger partial charge in [0.1, 0.15) is 0 Å². The van der Waals surface area contributed by atoms with Crippen LogP contribution in [-0.2, 0) is 0 Å². The van der Waals surface area contributed by atoms with E-state index in [2.05, 4.69) is 35.2 Å². The van der Waals surface area contributed by atoms with Gasteiger partial charge in [0.05, 0.1) is 0 Å². The first-order valence-corrected chi connectivity index (χ1v) is 5.42. The molecule has 1 aliphatic carbocycles. The average Bonchev–Trinajstić information content (AvgIpc) is 2.92. The van der Waals surface area contributed by atoms with Crippen molar-refractivity contribution in [3.63, 3.8) is 0 Å². The molecule has 0 bridgehead atoms. The fraction of sp³-hybridized carbons (Fsp3) is 0.500. The van der Waals surface area contributed by atoms with Crippen molar-refractivity contribution in [2.75, 3.05) is 18.0 Å². The summed E-state index contributed by atoms with van der Waals surface area (Å²) in [5, 5.41) is 0. The largest absolute Gasteiger partial charge is 0.367 e. The van der Waals surface area contributed by atoms with E-state index in [9.17, 15) is 0 Å². The summed E-state index contributed by atoms with van der Waals surface area (Å²) in [5.74, 6) is 1.82. The Morgan fingerprint density at radius 1 is 1.29 bits per heavy atom. The minimum Gasteiger partial charge on any atom is -0.367 e. The molecule has 1 aromatic carbocycles. The van der Waals surface area contributed by atoms with Gasteiger partial charge in [-0.3, -0.25) is 0 Å². The second-order valence-electron chi connectivity index (χ2n) is 4.45. The standard InChI is InChI=1S/C12H16N2/c13-7-12-11-6-9(11)8-14(12)10-4-2-1-3-5-10/h1-5,9,11-12H,6-8,13H2. The number of nitrogens with two attached hydrogens (primary N) is 1. The van der Waals surface area contributed by atoms with E-state index in [4.69, 9.17) is 5.73 Å². The molecule has 1 aliphatic heterocycles. The summed E-state index contributed by atoms with van der Waals surface area (Å²) < 4.78 is 0. The molecule has 14 heavy (non-hydrogen) atoms. The van der Waals surface area contributed by atoms with Crippen molar-refractivity contribution in [3.8, 4) is 0 Å². The van der Waals surface area contributed by atoms with Crippen LogP contribution >= 0.6 is 0 Å². The molecule has 74 valence electrons. The summed E-state index contributed by atoms with van der Waals surface area (Å²) in [7, 11) is 0. The van der Waals surface area contributed by atoms with Gasteiger partial charge in [-0.1, -0.05) is 18.2 Å². The highest BCUT2D eigenvalue weighted by Crippen LogP contribution is 2.50. The van der Waals surface area contributed by atoms with Crippen LogP contribution in [0.1, 0.15) is 6.42 Å². The van der Waals surface area contributed by atoms with Crippen LogP contribution in [0.15, 0.2) is 30.3 Å². The summed E-state index contributed by atoms with van der Waals surface area (Å²) >= 11 is 0. The first-order valence-electron chi connectivity index (χ1n) is 5.42. The summed E-state index contributed by atoms with van der Waals surface area (Å²) in [5.41, 5.74) is 7.18. The van der Waals surface area contributed by atoms with E-state index in [1.807, 2.05) is 0 Å².